The number of benzene rings is 1. The third kappa shape index (κ3) is 3.44. The summed E-state index contributed by atoms with van der Waals surface area (Å²) in [6.45, 7) is 3.32. The van der Waals surface area contributed by atoms with Gasteiger partial charge in [-0.05, 0) is 60.7 Å². The maximum Gasteiger partial charge on any atom is 0.227 e. The highest BCUT2D eigenvalue weighted by Gasteiger charge is 2.35. The predicted octanol–water partition coefficient (Wildman–Crippen LogP) is 1.56. The van der Waals surface area contributed by atoms with E-state index in [1.165, 1.54) is 6.33 Å². The lowest BCUT2D eigenvalue weighted by Crippen LogP contribution is -2.42. The van der Waals surface area contributed by atoms with Crippen LogP contribution >= 0.6 is 0 Å². The minimum atomic E-state index is -0.0592. The minimum Gasteiger partial charge on any atom is -0.342 e. The largest absolute Gasteiger partial charge is 0.342 e. The number of hydrogen-bond acceptors (Lipinski definition) is 5. The van der Waals surface area contributed by atoms with Crippen LogP contribution in [-0.4, -0.2) is 50.0 Å². The Morgan fingerprint density at radius 1 is 1.12 bits per heavy atom. The Balaban J connectivity index is 1.38. The molecule has 2 heterocycles. The van der Waals surface area contributed by atoms with E-state index in [1.54, 1.807) is 4.68 Å². The molecule has 2 aromatic rings. The number of aryl methyl sites for hydroxylation is 1. The first-order chi connectivity index (χ1) is 12.6. The van der Waals surface area contributed by atoms with E-state index < -0.39 is 0 Å². The smallest absolute Gasteiger partial charge is 0.227 e. The summed E-state index contributed by atoms with van der Waals surface area (Å²) in [5, 5.41) is 14.2. The number of tetrazole rings is 1. The van der Waals surface area contributed by atoms with Gasteiger partial charge in [-0.2, -0.15) is 0 Å². The molecule has 1 saturated carbocycles. The molecule has 2 fully saturated rings. The van der Waals surface area contributed by atoms with Gasteiger partial charge < -0.3 is 10.2 Å². The van der Waals surface area contributed by atoms with Crippen molar-refractivity contribution in [3.05, 3.63) is 30.1 Å². The highest BCUT2D eigenvalue weighted by molar-refractivity contribution is 5.93. The van der Waals surface area contributed by atoms with Gasteiger partial charge in [0.15, 0.2) is 0 Å². The summed E-state index contributed by atoms with van der Waals surface area (Å²) < 4.78 is 1.58. The van der Waals surface area contributed by atoms with Gasteiger partial charge in [0.2, 0.25) is 11.8 Å². The van der Waals surface area contributed by atoms with Crippen LogP contribution in [0.5, 0.6) is 0 Å². The zero-order valence-corrected chi connectivity index (χ0v) is 14.8. The minimum absolute atomic E-state index is 0.00930. The number of nitrogens with zero attached hydrogens (tertiary/aromatic N) is 5. The number of likely N-dealkylation sites (tertiary alicyclic amines) is 1. The van der Waals surface area contributed by atoms with E-state index >= 15 is 0 Å². The van der Waals surface area contributed by atoms with Gasteiger partial charge in [-0.1, -0.05) is 6.07 Å². The van der Waals surface area contributed by atoms with E-state index in [1.807, 2.05) is 30.0 Å². The highest BCUT2D eigenvalue weighted by Crippen LogP contribution is 2.32. The first-order valence-electron chi connectivity index (χ1n) is 9.05. The van der Waals surface area contributed by atoms with Crippen LogP contribution in [0.1, 0.15) is 31.2 Å². The third-order valence-corrected chi connectivity index (χ3v) is 5.18. The average Bonchev–Trinajstić information content (AvgIpc) is 3.37. The van der Waals surface area contributed by atoms with Gasteiger partial charge in [0.1, 0.15) is 6.33 Å². The summed E-state index contributed by atoms with van der Waals surface area (Å²) in [6, 6.07) is 5.69. The number of carbonyl (C=O) groups excluding carboxylic acids is 2. The summed E-state index contributed by atoms with van der Waals surface area (Å²) in [5.41, 5.74) is 2.57. The lowest BCUT2D eigenvalue weighted by atomic mass is 9.95. The zero-order chi connectivity index (χ0) is 18.1. The molecule has 2 amide bonds. The Kier molecular flexibility index (Phi) is 4.40. The topological polar surface area (TPSA) is 93.0 Å². The molecule has 1 saturated heterocycles. The molecule has 1 N–H and O–H groups in total. The third-order valence-electron chi connectivity index (χ3n) is 5.18. The number of aromatic nitrogens is 4. The van der Waals surface area contributed by atoms with Crippen LogP contribution in [0.15, 0.2) is 24.5 Å². The maximum absolute atomic E-state index is 12.6. The molecular formula is C18H22N6O2. The molecular weight excluding hydrogens is 332 g/mol. The van der Waals surface area contributed by atoms with Crippen molar-refractivity contribution in [2.75, 3.05) is 18.4 Å². The van der Waals surface area contributed by atoms with Gasteiger partial charge in [0.25, 0.3) is 0 Å². The predicted molar refractivity (Wildman–Crippen MR) is 94.5 cm³/mol. The van der Waals surface area contributed by atoms with E-state index in [-0.39, 0.29) is 23.7 Å². The molecule has 8 heteroatoms. The molecule has 1 aliphatic heterocycles. The number of carbonyl (C=O) groups is 2. The van der Waals surface area contributed by atoms with Gasteiger partial charge in [0, 0.05) is 30.6 Å². The molecule has 1 aliphatic carbocycles. The second kappa shape index (κ2) is 6.86. The van der Waals surface area contributed by atoms with Gasteiger partial charge in [-0.25, -0.2) is 4.68 Å². The Morgan fingerprint density at radius 3 is 2.54 bits per heavy atom. The van der Waals surface area contributed by atoms with Crippen molar-refractivity contribution in [3.8, 4) is 5.69 Å². The van der Waals surface area contributed by atoms with Gasteiger partial charge in [0.05, 0.1) is 5.69 Å². The van der Waals surface area contributed by atoms with Crippen molar-refractivity contribution in [1.82, 2.24) is 25.1 Å². The van der Waals surface area contributed by atoms with Crippen LogP contribution in [0, 0.1) is 18.8 Å². The molecule has 1 aromatic heterocycles. The van der Waals surface area contributed by atoms with Crippen LogP contribution in [0.3, 0.4) is 0 Å². The molecule has 0 unspecified atom stereocenters. The van der Waals surface area contributed by atoms with Gasteiger partial charge in [-0.3, -0.25) is 9.59 Å². The van der Waals surface area contributed by atoms with Crippen LogP contribution < -0.4 is 5.32 Å². The van der Waals surface area contributed by atoms with Crippen LogP contribution in [0.4, 0.5) is 5.69 Å². The number of piperidine rings is 1. The molecule has 1 aromatic carbocycles. The average molecular weight is 354 g/mol. The molecule has 0 bridgehead atoms. The normalized spacial score (nSPS) is 18.0. The SMILES string of the molecule is Cc1ccc(NC(=O)C2CCN(C(=O)C3CC3)CC2)cc1-n1cnnn1. The Labute approximate surface area is 151 Å². The van der Waals surface area contributed by atoms with E-state index in [0.717, 1.165) is 42.6 Å². The van der Waals surface area contributed by atoms with Crippen LogP contribution in [0.2, 0.25) is 0 Å². The van der Waals surface area contributed by atoms with Crippen LogP contribution in [0.25, 0.3) is 5.69 Å². The van der Waals surface area contributed by atoms with Gasteiger partial charge in [-0.15, -0.1) is 5.10 Å². The fraction of sp³-hybridized carbons (Fsp3) is 0.500. The maximum atomic E-state index is 12.6. The fourth-order valence-corrected chi connectivity index (χ4v) is 3.40. The molecule has 26 heavy (non-hydrogen) atoms. The van der Waals surface area contributed by atoms with E-state index in [0.29, 0.717) is 13.1 Å². The van der Waals surface area contributed by atoms with E-state index in [2.05, 4.69) is 20.8 Å². The molecule has 0 radical (unpaired) electrons. The Bertz CT molecular complexity index is 807. The lowest BCUT2D eigenvalue weighted by Gasteiger charge is -2.31. The first kappa shape index (κ1) is 16.7. The molecule has 0 atom stereocenters. The molecule has 136 valence electrons. The monoisotopic (exact) mass is 354 g/mol. The van der Waals surface area contributed by atoms with Crippen molar-refractivity contribution in [3.63, 3.8) is 0 Å². The van der Waals surface area contributed by atoms with Crippen molar-refractivity contribution in [2.24, 2.45) is 11.8 Å². The quantitative estimate of drug-likeness (QED) is 0.899. The standard InChI is InChI=1S/C18H22N6O2/c1-12-2-5-15(10-16(12)24-11-19-21-22-24)20-17(25)13-6-8-23(9-7-13)18(26)14-3-4-14/h2,5,10-11,13-14H,3-4,6-9H2,1H3,(H,20,25). The summed E-state index contributed by atoms with van der Waals surface area (Å²) in [7, 11) is 0. The second-order valence-electron chi connectivity index (χ2n) is 7.12. The summed E-state index contributed by atoms with van der Waals surface area (Å²) in [5.74, 6) is 0.470. The summed E-state index contributed by atoms with van der Waals surface area (Å²) in [6.07, 6.45) is 5.01. The molecule has 2 aliphatic rings. The Morgan fingerprint density at radius 2 is 1.88 bits per heavy atom. The second-order valence-corrected chi connectivity index (χ2v) is 7.12. The zero-order valence-electron chi connectivity index (χ0n) is 14.8. The number of anilines is 1. The van der Waals surface area contributed by atoms with Crippen molar-refractivity contribution < 1.29 is 9.59 Å². The fourth-order valence-electron chi connectivity index (χ4n) is 3.40. The van der Waals surface area contributed by atoms with Crippen molar-refractivity contribution in [1.29, 1.82) is 0 Å². The van der Waals surface area contributed by atoms with E-state index in [9.17, 15) is 9.59 Å². The number of rotatable bonds is 4. The molecule has 8 nitrogen and oxygen atoms in total. The van der Waals surface area contributed by atoms with Crippen LogP contribution in [-0.2, 0) is 9.59 Å². The summed E-state index contributed by atoms with van der Waals surface area (Å²) >= 11 is 0. The number of amides is 2. The number of nitrogens with one attached hydrogen (secondary N) is 1. The first-order valence-corrected chi connectivity index (χ1v) is 9.05. The lowest BCUT2D eigenvalue weighted by molar-refractivity contribution is -0.135. The molecule has 4 rings (SSSR count). The highest BCUT2D eigenvalue weighted by atomic mass is 16.2. The van der Waals surface area contributed by atoms with E-state index in [4.69, 9.17) is 0 Å². The summed E-state index contributed by atoms with van der Waals surface area (Å²) in [4.78, 5) is 26.6. The number of hydrogen-bond donors (Lipinski definition) is 1. The Hall–Kier alpha value is -2.77. The van der Waals surface area contributed by atoms with Gasteiger partial charge >= 0.3 is 0 Å². The van der Waals surface area contributed by atoms with Crippen molar-refractivity contribution in [2.45, 2.75) is 32.6 Å². The molecule has 0 spiro atoms. The van der Waals surface area contributed by atoms with Crippen molar-refractivity contribution >= 4 is 17.5 Å².